The summed E-state index contributed by atoms with van der Waals surface area (Å²) >= 11 is 0. The van der Waals surface area contributed by atoms with Crippen LogP contribution in [0.3, 0.4) is 0 Å². The van der Waals surface area contributed by atoms with Crippen molar-refractivity contribution in [3.8, 4) is 23.0 Å². The van der Waals surface area contributed by atoms with Crippen LogP contribution >= 0.6 is 0 Å². The molecule has 0 aliphatic carbocycles. The average Bonchev–Trinajstić information content (AvgIpc) is 2.80. The number of nitrogens with one attached hydrogen (secondary N) is 2. The Morgan fingerprint density at radius 3 is 2.12 bits per heavy atom. The molecule has 0 radical (unpaired) electrons. The summed E-state index contributed by atoms with van der Waals surface area (Å²) in [6.45, 7) is 1.29. The molecule has 0 aromatic heterocycles. The molecular formula is C23H30N2O7. The third-order valence-electron chi connectivity index (χ3n) is 4.62. The number of hydrogen-bond donors (Lipinski definition) is 3. The van der Waals surface area contributed by atoms with Gasteiger partial charge in [-0.15, -0.1) is 0 Å². The van der Waals surface area contributed by atoms with E-state index in [1.54, 1.807) is 49.6 Å². The lowest BCUT2D eigenvalue weighted by atomic mass is 10.0. The summed E-state index contributed by atoms with van der Waals surface area (Å²) in [6, 6.07) is 11.8. The Morgan fingerprint density at radius 2 is 1.59 bits per heavy atom. The van der Waals surface area contributed by atoms with Crippen molar-refractivity contribution < 1.29 is 33.6 Å². The summed E-state index contributed by atoms with van der Waals surface area (Å²) < 4.78 is 21.3. The average molecular weight is 447 g/mol. The van der Waals surface area contributed by atoms with E-state index in [1.165, 1.54) is 21.1 Å². The standard InChI is InChI=1S/C23H30N2O7/c1-15(26)25-19(16-8-10-18(29-2)11-9-16)12-22(28)24-13-17(27)14-32-23-20(30-3)6-5-7-21(23)31-4/h5-11,17,19,27H,12-14H2,1-4H3,(H,24,28)(H,25,26). The summed E-state index contributed by atoms with van der Waals surface area (Å²) in [4.78, 5) is 24.0. The number of benzene rings is 2. The Hall–Kier alpha value is -3.46. The second kappa shape index (κ2) is 12.4. The van der Waals surface area contributed by atoms with E-state index in [2.05, 4.69) is 10.6 Å². The summed E-state index contributed by atoms with van der Waals surface area (Å²) in [5, 5.41) is 15.7. The number of amides is 2. The minimum absolute atomic E-state index is 0.0137. The number of ether oxygens (including phenoxy) is 4. The number of aliphatic hydroxyl groups excluding tert-OH is 1. The van der Waals surface area contributed by atoms with Crippen LogP contribution in [0.2, 0.25) is 0 Å². The van der Waals surface area contributed by atoms with Crippen LogP contribution in [0.15, 0.2) is 42.5 Å². The monoisotopic (exact) mass is 446 g/mol. The molecule has 9 heteroatoms. The molecule has 2 aromatic carbocycles. The van der Waals surface area contributed by atoms with Gasteiger partial charge in [0.25, 0.3) is 0 Å². The minimum Gasteiger partial charge on any atom is -0.497 e. The van der Waals surface area contributed by atoms with Crippen molar-refractivity contribution in [2.45, 2.75) is 25.5 Å². The molecular weight excluding hydrogens is 416 g/mol. The van der Waals surface area contributed by atoms with Gasteiger partial charge < -0.3 is 34.7 Å². The van der Waals surface area contributed by atoms with Gasteiger partial charge in [-0.05, 0) is 29.8 Å². The fourth-order valence-electron chi connectivity index (χ4n) is 3.02. The molecule has 0 saturated heterocycles. The van der Waals surface area contributed by atoms with Crippen LogP contribution < -0.4 is 29.6 Å². The molecule has 2 atom stereocenters. The number of carbonyl (C=O) groups excluding carboxylic acids is 2. The zero-order valence-electron chi connectivity index (χ0n) is 18.7. The first-order valence-electron chi connectivity index (χ1n) is 10.1. The Bertz CT molecular complexity index is 864. The first kappa shape index (κ1) is 24.8. The third-order valence-corrected chi connectivity index (χ3v) is 4.62. The van der Waals surface area contributed by atoms with Crippen molar-refractivity contribution in [2.24, 2.45) is 0 Å². The van der Waals surface area contributed by atoms with Crippen molar-refractivity contribution in [1.29, 1.82) is 0 Å². The van der Waals surface area contributed by atoms with Gasteiger partial charge >= 0.3 is 0 Å². The van der Waals surface area contributed by atoms with Gasteiger partial charge in [0, 0.05) is 13.5 Å². The second-order valence-corrected chi connectivity index (χ2v) is 6.99. The molecule has 0 bridgehead atoms. The fourth-order valence-corrected chi connectivity index (χ4v) is 3.02. The van der Waals surface area contributed by atoms with Crippen LogP contribution in [0.5, 0.6) is 23.0 Å². The molecule has 0 spiro atoms. The van der Waals surface area contributed by atoms with E-state index in [-0.39, 0.29) is 31.4 Å². The van der Waals surface area contributed by atoms with Gasteiger partial charge in [0.2, 0.25) is 17.6 Å². The van der Waals surface area contributed by atoms with Gasteiger partial charge in [0.15, 0.2) is 11.5 Å². The summed E-state index contributed by atoms with van der Waals surface area (Å²) in [7, 11) is 4.58. The SMILES string of the molecule is COc1ccc(C(CC(=O)NCC(O)COc2c(OC)cccc2OC)NC(C)=O)cc1. The highest BCUT2D eigenvalue weighted by Crippen LogP contribution is 2.36. The van der Waals surface area contributed by atoms with E-state index in [0.29, 0.717) is 23.0 Å². The smallest absolute Gasteiger partial charge is 0.222 e. The summed E-state index contributed by atoms with van der Waals surface area (Å²) in [5.41, 5.74) is 0.767. The highest BCUT2D eigenvalue weighted by atomic mass is 16.5. The zero-order valence-corrected chi connectivity index (χ0v) is 18.7. The number of carbonyl (C=O) groups is 2. The van der Waals surface area contributed by atoms with Crippen molar-refractivity contribution in [3.63, 3.8) is 0 Å². The lowest BCUT2D eigenvalue weighted by molar-refractivity contribution is -0.123. The maximum atomic E-state index is 12.4. The number of methoxy groups -OCH3 is 3. The van der Waals surface area contributed by atoms with E-state index >= 15 is 0 Å². The van der Waals surface area contributed by atoms with Crippen LogP contribution in [-0.2, 0) is 9.59 Å². The van der Waals surface area contributed by atoms with E-state index < -0.39 is 12.1 Å². The molecule has 3 N–H and O–H groups in total. The first-order chi connectivity index (χ1) is 15.4. The lowest BCUT2D eigenvalue weighted by Gasteiger charge is -2.20. The molecule has 2 rings (SSSR count). The number of rotatable bonds is 12. The van der Waals surface area contributed by atoms with Crippen molar-refractivity contribution in [3.05, 3.63) is 48.0 Å². The van der Waals surface area contributed by atoms with Gasteiger partial charge in [-0.2, -0.15) is 0 Å². The first-order valence-corrected chi connectivity index (χ1v) is 10.1. The van der Waals surface area contributed by atoms with Crippen LogP contribution in [-0.4, -0.2) is 57.5 Å². The van der Waals surface area contributed by atoms with Gasteiger partial charge in [-0.3, -0.25) is 9.59 Å². The van der Waals surface area contributed by atoms with Crippen molar-refractivity contribution in [1.82, 2.24) is 10.6 Å². The number of hydrogen-bond acceptors (Lipinski definition) is 7. The van der Waals surface area contributed by atoms with E-state index in [1.807, 2.05) is 0 Å². The molecule has 2 amide bonds. The third kappa shape index (κ3) is 7.35. The largest absolute Gasteiger partial charge is 0.497 e. The molecule has 2 unspecified atom stereocenters. The highest BCUT2D eigenvalue weighted by Gasteiger charge is 2.19. The molecule has 0 fully saturated rings. The van der Waals surface area contributed by atoms with Crippen LogP contribution in [0.4, 0.5) is 0 Å². The topological polar surface area (TPSA) is 115 Å². The van der Waals surface area contributed by atoms with Gasteiger partial charge in [0.1, 0.15) is 18.5 Å². The molecule has 174 valence electrons. The molecule has 0 aliphatic heterocycles. The van der Waals surface area contributed by atoms with Crippen LogP contribution in [0, 0.1) is 0 Å². The Labute approximate surface area is 187 Å². The van der Waals surface area contributed by atoms with Crippen molar-refractivity contribution in [2.75, 3.05) is 34.5 Å². The second-order valence-electron chi connectivity index (χ2n) is 6.99. The van der Waals surface area contributed by atoms with E-state index in [0.717, 1.165) is 5.56 Å². The van der Waals surface area contributed by atoms with E-state index in [9.17, 15) is 14.7 Å². The predicted octanol–water partition coefficient (Wildman–Crippen LogP) is 1.84. The molecule has 9 nitrogen and oxygen atoms in total. The Kier molecular flexibility index (Phi) is 9.62. The maximum Gasteiger partial charge on any atom is 0.222 e. The number of para-hydroxylation sites is 1. The van der Waals surface area contributed by atoms with Gasteiger partial charge in [-0.25, -0.2) is 0 Å². The van der Waals surface area contributed by atoms with Crippen LogP contribution in [0.1, 0.15) is 24.9 Å². The van der Waals surface area contributed by atoms with Crippen molar-refractivity contribution >= 4 is 11.8 Å². The van der Waals surface area contributed by atoms with Gasteiger partial charge in [-0.1, -0.05) is 18.2 Å². The summed E-state index contributed by atoms with van der Waals surface area (Å²) in [5.74, 6) is 1.41. The van der Waals surface area contributed by atoms with Crippen LogP contribution in [0.25, 0.3) is 0 Å². The quantitative estimate of drug-likeness (QED) is 0.456. The predicted molar refractivity (Wildman–Crippen MR) is 118 cm³/mol. The molecule has 32 heavy (non-hydrogen) atoms. The number of aliphatic hydroxyl groups is 1. The zero-order chi connectivity index (χ0) is 23.5. The molecule has 0 saturated carbocycles. The summed E-state index contributed by atoms with van der Waals surface area (Å²) in [6.07, 6.45) is -0.950. The van der Waals surface area contributed by atoms with Gasteiger partial charge in [0.05, 0.1) is 33.8 Å². The van der Waals surface area contributed by atoms with E-state index in [4.69, 9.17) is 18.9 Å². The Balaban J connectivity index is 1.90. The Morgan fingerprint density at radius 1 is 0.969 bits per heavy atom. The maximum absolute atomic E-state index is 12.4. The molecule has 0 aliphatic rings. The lowest BCUT2D eigenvalue weighted by Crippen LogP contribution is -2.38. The minimum atomic E-state index is -0.964. The molecule has 0 heterocycles. The molecule has 2 aromatic rings. The fraction of sp³-hybridized carbons (Fsp3) is 0.391. The highest BCUT2D eigenvalue weighted by molar-refractivity contribution is 5.79. The normalized spacial score (nSPS) is 12.3.